The lowest BCUT2D eigenvalue weighted by atomic mass is 9.70. The molecule has 1 fully saturated rings. The van der Waals surface area contributed by atoms with E-state index in [4.69, 9.17) is 0 Å². The lowest BCUT2D eigenvalue weighted by molar-refractivity contribution is -0.125. The van der Waals surface area contributed by atoms with Gasteiger partial charge in [0.2, 0.25) is 5.91 Å². The van der Waals surface area contributed by atoms with Crippen LogP contribution in [0.15, 0.2) is 84.9 Å². The Hall–Kier alpha value is -2.87. The average molecular weight is 353 g/mol. The zero-order valence-electron chi connectivity index (χ0n) is 15.3. The van der Waals surface area contributed by atoms with E-state index in [9.17, 15) is 4.79 Å². The van der Waals surface area contributed by atoms with Gasteiger partial charge in [0.05, 0.1) is 11.5 Å². The fraction of sp³-hybridized carbons (Fsp3) is 0.240. The number of para-hydroxylation sites is 1. The molecule has 1 heterocycles. The molecular weight excluding hydrogens is 330 g/mol. The largest absolute Gasteiger partial charge is 0.300 e. The molecule has 0 N–H and O–H groups in total. The van der Waals surface area contributed by atoms with Gasteiger partial charge in [-0.2, -0.15) is 0 Å². The molecule has 0 radical (unpaired) electrons. The first-order chi connectivity index (χ1) is 13.3. The van der Waals surface area contributed by atoms with Gasteiger partial charge < -0.3 is 4.90 Å². The van der Waals surface area contributed by atoms with Crippen LogP contribution in [-0.2, 0) is 10.2 Å². The molecule has 27 heavy (non-hydrogen) atoms. The maximum atomic E-state index is 14.0. The first-order valence-corrected chi connectivity index (χ1v) is 9.84. The minimum atomic E-state index is -0.363. The molecule has 1 aliphatic carbocycles. The number of amides is 1. The first-order valence-electron chi connectivity index (χ1n) is 9.84. The van der Waals surface area contributed by atoms with Crippen LogP contribution in [0.25, 0.3) is 0 Å². The molecule has 0 aromatic heterocycles. The van der Waals surface area contributed by atoms with Gasteiger partial charge in [-0.3, -0.25) is 4.79 Å². The van der Waals surface area contributed by atoms with Crippen molar-refractivity contribution in [2.75, 3.05) is 4.90 Å². The second kappa shape index (κ2) is 6.38. The molecule has 2 aliphatic rings. The smallest absolute Gasteiger partial charge is 0.238 e. The Morgan fingerprint density at radius 2 is 1.33 bits per heavy atom. The monoisotopic (exact) mass is 353 g/mol. The minimum absolute atomic E-state index is 0.0801. The third kappa shape index (κ3) is 2.43. The van der Waals surface area contributed by atoms with Gasteiger partial charge in [-0.1, -0.05) is 85.6 Å². The van der Waals surface area contributed by atoms with Gasteiger partial charge in [0.25, 0.3) is 0 Å². The fourth-order valence-corrected chi connectivity index (χ4v) is 5.05. The van der Waals surface area contributed by atoms with Gasteiger partial charge in [0, 0.05) is 5.69 Å². The summed E-state index contributed by atoms with van der Waals surface area (Å²) in [5, 5.41) is 0. The summed E-state index contributed by atoms with van der Waals surface area (Å²) in [5.41, 5.74) is 4.30. The Morgan fingerprint density at radius 1 is 0.741 bits per heavy atom. The lowest BCUT2D eigenvalue weighted by Crippen LogP contribution is -2.52. The number of benzene rings is 3. The highest BCUT2D eigenvalue weighted by atomic mass is 16.2. The SMILES string of the molecule is O=C1N(c2ccccc2)C(c2ccccc2)c2ccccc2C12CCCC2. The van der Waals surface area contributed by atoms with Gasteiger partial charge in [-0.25, -0.2) is 0 Å². The van der Waals surface area contributed by atoms with Crippen LogP contribution in [0.5, 0.6) is 0 Å². The molecule has 3 aromatic rings. The van der Waals surface area contributed by atoms with Crippen LogP contribution in [0.1, 0.15) is 48.4 Å². The molecule has 0 bridgehead atoms. The zero-order chi connectivity index (χ0) is 18.3. The first kappa shape index (κ1) is 16.3. The van der Waals surface area contributed by atoms with Crippen molar-refractivity contribution in [2.45, 2.75) is 37.1 Å². The number of hydrogen-bond donors (Lipinski definition) is 0. The number of carbonyl (C=O) groups excluding carboxylic acids is 1. The van der Waals surface area contributed by atoms with Crippen molar-refractivity contribution in [3.05, 3.63) is 102 Å². The van der Waals surface area contributed by atoms with E-state index >= 15 is 0 Å². The molecule has 1 amide bonds. The van der Waals surface area contributed by atoms with E-state index in [1.165, 1.54) is 11.1 Å². The van der Waals surface area contributed by atoms with Crippen LogP contribution in [-0.4, -0.2) is 5.91 Å². The number of nitrogens with zero attached hydrogens (tertiary/aromatic N) is 1. The summed E-state index contributed by atoms with van der Waals surface area (Å²) in [6.45, 7) is 0. The summed E-state index contributed by atoms with van der Waals surface area (Å²) in [5.74, 6) is 0.263. The summed E-state index contributed by atoms with van der Waals surface area (Å²) in [6, 6.07) is 29.1. The summed E-state index contributed by atoms with van der Waals surface area (Å²) in [6.07, 6.45) is 4.15. The third-order valence-electron chi connectivity index (χ3n) is 6.26. The average Bonchev–Trinajstić information content (AvgIpc) is 3.23. The molecule has 1 atom stereocenters. The van der Waals surface area contributed by atoms with Crippen LogP contribution in [0.2, 0.25) is 0 Å². The lowest BCUT2D eigenvalue weighted by Gasteiger charge is -2.46. The summed E-state index contributed by atoms with van der Waals surface area (Å²) >= 11 is 0. The van der Waals surface area contributed by atoms with E-state index in [-0.39, 0.29) is 17.4 Å². The third-order valence-corrected chi connectivity index (χ3v) is 6.26. The Kier molecular flexibility index (Phi) is 3.86. The van der Waals surface area contributed by atoms with E-state index in [0.29, 0.717) is 0 Å². The molecule has 1 saturated carbocycles. The second-order valence-electron chi connectivity index (χ2n) is 7.70. The van der Waals surface area contributed by atoms with E-state index < -0.39 is 0 Å². The molecule has 3 aromatic carbocycles. The van der Waals surface area contributed by atoms with Gasteiger partial charge in [-0.15, -0.1) is 0 Å². The highest BCUT2D eigenvalue weighted by Gasteiger charge is 2.52. The minimum Gasteiger partial charge on any atom is -0.300 e. The van der Waals surface area contributed by atoms with Crippen molar-refractivity contribution in [3.8, 4) is 0 Å². The molecule has 134 valence electrons. The van der Waals surface area contributed by atoms with Crippen LogP contribution >= 0.6 is 0 Å². The van der Waals surface area contributed by atoms with E-state index in [2.05, 4.69) is 65.6 Å². The van der Waals surface area contributed by atoms with Crippen molar-refractivity contribution in [3.63, 3.8) is 0 Å². The zero-order valence-corrected chi connectivity index (χ0v) is 15.3. The molecule has 2 heteroatoms. The molecule has 1 unspecified atom stereocenters. The van der Waals surface area contributed by atoms with Gasteiger partial charge in [0.15, 0.2) is 0 Å². The summed E-state index contributed by atoms with van der Waals surface area (Å²) in [4.78, 5) is 16.1. The van der Waals surface area contributed by atoms with Crippen molar-refractivity contribution in [1.82, 2.24) is 0 Å². The van der Waals surface area contributed by atoms with E-state index in [0.717, 1.165) is 36.9 Å². The number of rotatable bonds is 2. The quantitative estimate of drug-likeness (QED) is 0.584. The molecule has 1 spiro atoms. The van der Waals surface area contributed by atoms with Crippen LogP contribution in [0, 0.1) is 0 Å². The molecule has 0 saturated heterocycles. The highest BCUT2D eigenvalue weighted by molar-refractivity contribution is 6.04. The van der Waals surface area contributed by atoms with Crippen LogP contribution in [0.3, 0.4) is 0 Å². The number of fused-ring (bicyclic) bond motifs is 2. The Morgan fingerprint density at radius 3 is 2.04 bits per heavy atom. The molecule has 5 rings (SSSR count). The summed E-state index contributed by atoms with van der Waals surface area (Å²) < 4.78 is 0. The predicted molar refractivity (Wildman–Crippen MR) is 109 cm³/mol. The molecule has 2 nitrogen and oxygen atoms in total. The number of hydrogen-bond acceptors (Lipinski definition) is 1. The Bertz CT molecular complexity index is 958. The maximum absolute atomic E-state index is 14.0. The van der Waals surface area contributed by atoms with Crippen molar-refractivity contribution < 1.29 is 4.79 Å². The van der Waals surface area contributed by atoms with Gasteiger partial charge in [0.1, 0.15) is 0 Å². The van der Waals surface area contributed by atoms with Crippen LogP contribution < -0.4 is 4.90 Å². The van der Waals surface area contributed by atoms with Crippen LogP contribution in [0.4, 0.5) is 5.69 Å². The predicted octanol–water partition coefficient (Wildman–Crippen LogP) is 5.63. The highest BCUT2D eigenvalue weighted by Crippen LogP contribution is 2.52. The summed E-state index contributed by atoms with van der Waals surface area (Å²) in [7, 11) is 0. The maximum Gasteiger partial charge on any atom is 0.238 e. The Balaban J connectivity index is 1.79. The Labute approximate surface area is 160 Å². The van der Waals surface area contributed by atoms with E-state index in [1.807, 2.05) is 24.3 Å². The topological polar surface area (TPSA) is 20.3 Å². The molecular formula is C25H23NO. The standard InChI is InChI=1S/C25H23NO/c27-24-25(17-9-10-18-25)22-16-8-7-15-21(22)23(19-11-3-1-4-12-19)26(24)20-13-5-2-6-14-20/h1-8,11-16,23H,9-10,17-18H2. The second-order valence-corrected chi connectivity index (χ2v) is 7.70. The van der Waals surface area contributed by atoms with Crippen molar-refractivity contribution in [1.29, 1.82) is 0 Å². The van der Waals surface area contributed by atoms with Gasteiger partial charge >= 0.3 is 0 Å². The number of anilines is 1. The molecule has 1 aliphatic heterocycles. The van der Waals surface area contributed by atoms with E-state index in [1.54, 1.807) is 0 Å². The number of carbonyl (C=O) groups is 1. The van der Waals surface area contributed by atoms with Gasteiger partial charge in [-0.05, 0) is 41.7 Å². The normalized spacial score (nSPS) is 20.7. The van der Waals surface area contributed by atoms with Crippen molar-refractivity contribution >= 4 is 11.6 Å². The van der Waals surface area contributed by atoms with Crippen molar-refractivity contribution in [2.24, 2.45) is 0 Å². The fourth-order valence-electron chi connectivity index (χ4n) is 5.05.